The van der Waals surface area contributed by atoms with Crippen LogP contribution in [0.25, 0.3) is 10.9 Å². The molecule has 0 aliphatic carbocycles. The number of carbonyl (C=O) groups is 1. The molecule has 2 aromatic rings. The van der Waals surface area contributed by atoms with E-state index in [4.69, 9.17) is 0 Å². The van der Waals surface area contributed by atoms with Crippen molar-refractivity contribution in [1.29, 1.82) is 0 Å². The van der Waals surface area contributed by atoms with Crippen LogP contribution in [0, 0.1) is 0 Å². The Kier molecular flexibility index (Phi) is 2.05. The summed E-state index contributed by atoms with van der Waals surface area (Å²) in [6.07, 6.45) is 0. The van der Waals surface area contributed by atoms with Gasteiger partial charge in [-0.1, -0.05) is 0 Å². The van der Waals surface area contributed by atoms with Crippen molar-refractivity contribution >= 4 is 41.9 Å². The SMILES string of the molecule is O=[C]([Na])c1cc2ccccc2[nH]1. The Balaban J connectivity index is 2.70. The average molecular weight is 167 g/mol. The molecule has 0 radical (unpaired) electrons. The molecular weight excluding hydrogens is 161 g/mol. The topological polar surface area (TPSA) is 32.9 Å². The van der Waals surface area contributed by atoms with E-state index in [1.165, 1.54) is 0 Å². The van der Waals surface area contributed by atoms with Gasteiger partial charge >= 0.3 is 87.7 Å². The molecule has 3 heteroatoms. The molecule has 0 unspecified atom stereocenters. The van der Waals surface area contributed by atoms with E-state index in [9.17, 15) is 4.79 Å². The van der Waals surface area contributed by atoms with Gasteiger partial charge in [0.15, 0.2) is 0 Å². The number of para-hydroxylation sites is 1. The number of nitrogens with one attached hydrogen (secondary N) is 1. The summed E-state index contributed by atoms with van der Waals surface area (Å²) in [5, 5.41) is 1.11. The number of hydrogen-bond acceptors (Lipinski definition) is 1. The zero-order chi connectivity index (χ0) is 8.55. The summed E-state index contributed by atoms with van der Waals surface area (Å²) in [7, 11) is 0. The first kappa shape index (κ1) is 8.05. The molecule has 1 heterocycles. The fourth-order valence-electron chi connectivity index (χ4n) is 1.26. The van der Waals surface area contributed by atoms with E-state index in [-0.39, 0.29) is 3.03 Å². The fraction of sp³-hybridized carbons (Fsp3) is 0. The fourth-order valence-corrected chi connectivity index (χ4v) is 1.53. The van der Waals surface area contributed by atoms with E-state index in [1.807, 2.05) is 30.3 Å². The quantitative estimate of drug-likeness (QED) is 0.641. The Labute approximate surface area is 87.4 Å². The summed E-state index contributed by atoms with van der Waals surface area (Å²) in [5.41, 5.74) is 1.78. The van der Waals surface area contributed by atoms with Gasteiger partial charge in [-0.25, -0.2) is 0 Å². The Morgan fingerprint density at radius 1 is 1.33 bits per heavy atom. The Hall–Kier alpha value is -0.570. The Morgan fingerprint density at radius 3 is 2.75 bits per heavy atom. The van der Waals surface area contributed by atoms with Crippen molar-refractivity contribution in [2.24, 2.45) is 0 Å². The van der Waals surface area contributed by atoms with Crippen LogP contribution in [0.3, 0.4) is 0 Å². The molecule has 2 rings (SSSR count). The van der Waals surface area contributed by atoms with E-state index in [1.54, 1.807) is 0 Å². The third kappa shape index (κ3) is 1.33. The van der Waals surface area contributed by atoms with Crippen molar-refractivity contribution in [2.45, 2.75) is 0 Å². The van der Waals surface area contributed by atoms with Gasteiger partial charge in [0.05, 0.1) is 0 Å². The van der Waals surface area contributed by atoms with Crippen molar-refractivity contribution in [1.82, 2.24) is 4.98 Å². The Bertz CT molecular complexity index is 400. The van der Waals surface area contributed by atoms with Gasteiger partial charge in [0.1, 0.15) is 0 Å². The van der Waals surface area contributed by atoms with Gasteiger partial charge in [-0.2, -0.15) is 0 Å². The normalized spacial score (nSPS) is 10.5. The molecule has 1 aromatic heterocycles. The molecule has 0 fully saturated rings. The number of rotatable bonds is 1. The molecule has 1 N–H and O–H groups in total. The molecule has 0 saturated carbocycles. The van der Waals surface area contributed by atoms with Crippen LogP contribution < -0.4 is 0 Å². The first-order valence-corrected chi connectivity index (χ1v) is 4.86. The van der Waals surface area contributed by atoms with Crippen LogP contribution in [0.5, 0.6) is 0 Å². The molecule has 54 valence electrons. The van der Waals surface area contributed by atoms with Gasteiger partial charge in [0, 0.05) is 0 Å². The molecule has 0 aliphatic rings. The van der Waals surface area contributed by atoms with E-state index in [2.05, 4.69) is 4.98 Å². The van der Waals surface area contributed by atoms with Gasteiger partial charge in [-0.05, 0) is 0 Å². The number of H-pyrrole nitrogens is 1. The van der Waals surface area contributed by atoms with Crippen molar-refractivity contribution in [3.63, 3.8) is 0 Å². The van der Waals surface area contributed by atoms with Crippen molar-refractivity contribution < 1.29 is 4.79 Å². The number of hydrogen-bond donors (Lipinski definition) is 1. The minimum absolute atomic E-state index is 0.214. The number of benzene rings is 1. The number of carbonyl (C=O) groups excluding carboxylic acids is 1. The van der Waals surface area contributed by atoms with Crippen molar-refractivity contribution in [3.8, 4) is 0 Å². The second-order valence-corrected chi connectivity index (χ2v) is 3.73. The second kappa shape index (κ2) is 3.05. The number of aromatic amines is 1. The van der Waals surface area contributed by atoms with Crippen LogP contribution in [0.2, 0.25) is 0 Å². The second-order valence-electron chi connectivity index (χ2n) is 2.83. The third-order valence-electron chi connectivity index (χ3n) is 1.91. The minimum atomic E-state index is 0.214. The molecule has 1 aromatic carbocycles. The van der Waals surface area contributed by atoms with Crippen LogP contribution in [0.1, 0.15) is 10.5 Å². The molecule has 0 saturated heterocycles. The third-order valence-corrected chi connectivity index (χ3v) is 2.45. The maximum absolute atomic E-state index is 11.0. The maximum atomic E-state index is 11.0. The summed E-state index contributed by atoms with van der Waals surface area (Å²) < 4.78 is 0.214. The van der Waals surface area contributed by atoms with Gasteiger partial charge in [-0.15, -0.1) is 0 Å². The summed E-state index contributed by atoms with van der Waals surface area (Å²) in [4.78, 5) is 14.1. The van der Waals surface area contributed by atoms with E-state index in [0.29, 0.717) is 27.9 Å². The average Bonchev–Trinajstić information content (AvgIpc) is 2.46. The van der Waals surface area contributed by atoms with Gasteiger partial charge in [0.25, 0.3) is 0 Å². The first-order chi connectivity index (χ1) is 5.77. The van der Waals surface area contributed by atoms with Gasteiger partial charge in [0.2, 0.25) is 0 Å². The summed E-state index contributed by atoms with van der Waals surface area (Å²) in [5.74, 6) is 0. The van der Waals surface area contributed by atoms with E-state index >= 15 is 0 Å². The molecule has 0 aliphatic heterocycles. The van der Waals surface area contributed by atoms with Gasteiger partial charge in [-0.3, -0.25) is 0 Å². The zero-order valence-electron chi connectivity index (χ0n) is 6.79. The summed E-state index contributed by atoms with van der Waals surface area (Å²) >= 11 is 0.575. The van der Waals surface area contributed by atoms with Crippen LogP contribution >= 0.6 is 0 Å². The number of fused-ring (bicyclic) bond motifs is 1. The van der Waals surface area contributed by atoms with E-state index in [0.717, 1.165) is 16.6 Å². The monoisotopic (exact) mass is 167 g/mol. The van der Waals surface area contributed by atoms with Crippen LogP contribution in [-0.2, 0) is 0 Å². The summed E-state index contributed by atoms with van der Waals surface area (Å²) in [6, 6.07) is 9.81. The molecule has 0 bridgehead atoms. The molecule has 0 amide bonds. The zero-order valence-corrected chi connectivity index (χ0v) is 8.79. The molecule has 0 atom stereocenters. The standard InChI is InChI=1S/C9H6NO.Na/c11-6-8-5-7-3-1-2-4-9(7)10-8;/h1-5,10H;. The predicted molar refractivity (Wildman–Crippen MR) is 48.4 cm³/mol. The van der Waals surface area contributed by atoms with Crippen LogP contribution in [0.15, 0.2) is 30.3 Å². The van der Waals surface area contributed by atoms with Crippen LogP contribution in [0.4, 0.5) is 0 Å². The van der Waals surface area contributed by atoms with Crippen molar-refractivity contribution in [3.05, 3.63) is 36.0 Å². The molecule has 2 nitrogen and oxygen atoms in total. The van der Waals surface area contributed by atoms with Crippen molar-refractivity contribution in [2.75, 3.05) is 0 Å². The van der Waals surface area contributed by atoms with Crippen LogP contribution in [-0.4, -0.2) is 35.9 Å². The summed E-state index contributed by atoms with van der Waals surface area (Å²) in [6.45, 7) is 0. The Morgan fingerprint density at radius 2 is 2.08 bits per heavy atom. The molecular formula is C9H6NNaO. The van der Waals surface area contributed by atoms with Gasteiger partial charge < -0.3 is 0 Å². The predicted octanol–water partition coefficient (Wildman–Crippen LogP) is 1.48. The molecule has 0 spiro atoms. The first-order valence-electron chi connectivity index (χ1n) is 3.86. The van der Waals surface area contributed by atoms with E-state index < -0.39 is 0 Å². The number of aromatic nitrogens is 1. The molecule has 12 heavy (non-hydrogen) atoms.